The molecule has 0 aliphatic heterocycles. The monoisotopic (exact) mass is 512 g/mol. The van der Waals surface area contributed by atoms with Crippen LogP contribution >= 0.6 is 34.0 Å². The third-order valence-electron chi connectivity index (χ3n) is 6.14. The molecular formula is C26H16N4O2S3. The van der Waals surface area contributed by atoms with Crippen LogP contribution in [0.3, 0.4) is 0 Å². The van der Waals surface area contributed by atoms with Gasteiger partial charge in [-0.15, -0.1) is 34.0 Å². The van der Waals surface area contributed by atoms with Gasteiger partial charge in [-0.3, -0.25) is 20.2 Å². The van der Waals surface area contributed by atoms with E-state index in [2.05, 4.69) is 44.9 Å². The highest BCUT2D eigenvalue weighted by Gasteiger charge is 2.25. The molecule has 0 radical (unpaired) electrons. The van der Waals surface area contributed by atoms with Gasteiger partial charge in [0.05, 0.1) is 21.1 Å². The van der Waals surface area contributed by atoms with E-state index in [1.54, 1.807) is 12.1 Å². The fourth-order valence-corrected chi connectivity index (χ4v) is 7.31. The number of hydrogen-bond acceptors (Lipinski definition) is 7. The second-order valence-corrected chi connectivity index (χ2v) is 11.6. The zero-order valence-electron chi connectivity index (χ0n) is 18.1. The van der Waals surface area contributed by atoms with Crippen LogP contribution in [0, 0.1) is 0 Å². The molecule has 2 aliphatic carbocycles. The predicted octanol–water partition coefficient (Wildman–Crippen LogP) is 6.31. The van der Waals surface area contributed by atoms with Gasteiger partial charge in [-0.2, -0.15) is 0 Å². The minimum absolute atomic E-state index is 0.264. The number of amides is 2. The molecule has 0 bridgehead atoms. The van der Waals surface area contributed by atoms with Crippen LogP contribution in [0.4, 0.5) is 10.3 Å². The van der Waals surface area contributed by atoms with Crippen LogP contribution in [0.25, 0.3) is 22.5 Å². The molecule has 0 saturated carbocycles. The average molecular weight is 513 g/mol. The van der Waals surface area contributed by atoms with Crippen molar-refractivity contribution in [3.8, 4) is 22.5 Å². The third-order valence-corrected chi connectivity index (χ3v) is 9.16. The molecule has 2 amide bonds. The van der Waals surface area contributed by atoms with E-state index in [-0.39, 0.29) is 11.8 Å². The number of nitrogens with one attached hydrogen (secondary N) is 2. The van der Waals surface area contributed by atoms with E-state index in [4.69, 9.17) is 0 Å². The first-order valence-electron chi connectivity index (χ1n) is 11.0. The molecule has 7 rings (SSSR count). The second kappa shape index (κ2) is 7.94. The van der Waals surface area contributed by atoms with Crippen molar-refractivity contribution >= 4 is 56.1 Å². The van der Waals surface area contributed by atoms with Gasteiger partial charge < -0.3 is 0 Å². The Bertz CT molecular complexity index is 1540. The van der Waals surface area contributed by atoms with Gasteiger partial charge in [0, 0.05) is 33.7 Å². The number of anilines is 2. The summed E-state index contributed by atoms with van der Waals surface area (Å²) in [5, 5.41) is 6.94. The molecule has 0 fully saturated rings. The van der Waals surface area contributed by atoms with E-state index in [1.165, 1.54) is 33.8 Å². The molecule has 6 nitrogen and oxygen atoms in total. The molecule has 3 heterocycles. The number of benzene rings is 2. The van der Waals surface area contributed by atoms with Gasteiger partial charge in [0.2, 0.25) is 0 Å². The number of rotatable bonds is 4. The number of thiophene rings is 1. The lowest BCUT2D eigenvalue weighted by molar-refractivity contribution is 0.102. The van der Waals surface area contributed by atoms with Gasteiger partial charge in [0.15, 0.2) is 10.3 Å². The maximum Gasteiger partial charge on any atom is 0.267 e. The number of thiazole rings is 2. The standard InChI is InChI=1S/C26H16N4O2S3/c31-23(29-25-27-21-15-7-3-1-5-13(15)11-19(21)34-25)17-9-10-18(33-17)24(32)30-26-28-22-16-8-4-2-6-14(16)12-20(22)35-26/h1-10H,11-12H2,(H,27,29,31)(H,28,30,32). The third kappa shape index (κ3) is 3.51. The van der Waals surface area contributed by atoms with E-state index in [1.807, 2.05) is 24.3 Å². The molecule has 2 aromatic carbocycles. The predicted molar refractivity (Wildman–Crippen MR) is 141 cm³/mol. The summed E-state index contributed by atoms with van der Waals surface area (Å²) in [5.74, 6) is -0.529. The fourth-order valence-electron chi connectivity index (χ4n) is 4.53. The molecule has 0 spiro atoms. The van der Waals surface area contributed by atoms with Crippen molar-refractivity contribution in [1.82, 2.24) is 9.97 Å². The van der Waals surface area contributed by atoms with Gasteiger partial charge in [-0.05, 0) is 23.3 Å². The highest BCUT2D eigenvalue weighted by Crippen LogP contribution is 2.42. The van der Waals surface area contributed by atoms with Crippen molar-refractivity contribution in [2.24, 2.45) is 0 Å². The molecule has 0 atom stereocenters. The number of fused-ring (bicyclic) bond motifs is 6. The average Bonchev–Trinajstić information content (AvgIpc) is 3.65. The zero-order chi connectivity index (χ0) is 23.5. The first kappa shape index (κ1) is 20.7. The lowest BCUT2D eigenvalue weighted by Crippen LogP contribution is -2.11. The summed E-state index contributed by atoms with van der Waals surface area (Å²) < 4.78 is 0. The Morgan fingerprint density at radius 3 is 1.57 bits per heavy atom. The van der Waals surface area contributed by atoms with E-state index < -0.39 is 0 Å². The van der Waals surface area contributed by atoms with E-state index in [9.17, 15) is 9.59 Å². The minimum Gasteiger partial charge on any atom is -0.297 e. The van der Waals surface area contributed by atoms with Crippen LogP contribution in [-0.4, -0.2) is 21.8 Å². The Labute approximate surface area is 212 Å². The van der Waals surface area contributed by atoms with Gasteiger partial charge >= 0.3 is 0 Å². The van der Waals surface area contributed by atoms with Gasteiger partial charge in [0.1, 0.15) is 0 Å². The largest absolute Gasteiger partial charge is 0.297 e. The molecule has 0 unspecified atom stereocenters. The van der Waals surface area contributed by atoms with Crippen LogP contribution in [-0.2, 0) is 12.8 Å². The van der Waals surface area contributed by atoms with Crippen molar-refractivity contribution in [3.63, 3.8) is 0 Å². The number of hydrogen-bond donors (Lipinski definition) is 2. The Balaban J connectivity index is 1.04. The van der Waals surface area contributed by atoms with Crippen LogP contribution in [0.5, 0.6) is 0 Å². The number of nitrogens with zero attached hydrogens (tertiary/aromatic N) is 2. The Hall–Kier alpha value is -3.66. The summed E-state index contributed by atoms with van der Waals surface area (Å²) in [6, 6.07) is 19.7. The molecule has 2 N–H and O–H groups in total. The SMILES string of the molecule is O=C(Nc1nc2c(s1)Cc1ccccc1-2)c1ccc(C(=O)Nc2nc3c(s2)Cc2ccccc2-3)s1. The molecule has 2 aliphatic rings. The van der Waals surface area contributed by atoms with Crippen molar-refractivity contribution in [2.75, 3.05) is 10.6 Å². The summed E-state index contributed by atoms with van der Waals surface area (Å²) in [7, 11) is 0. The molecule has 9 heteroatoms. The normalized spacial score (nSPS) is 12.6. The Morgan fingerprint density at radius 1 is 0.629 bits per heavy atom. The molecule has 170 valence electrons. The highest BCUT2D eigenvalue weighted by atomic mass is 32.1. The number of carbonyl (C=O) groups excluding carboxylic acids is 2. The summed E-state index contributed by atoms with van der Waals surface area (Å²) >= 11 is 4.15. The Kier molecular flexibility index (Phi) is 4.70. The Morgan fingerprint density at radius 2 is 1.09 bits per heavy atom. The maximum atomic E-state index is 12.8. The molecule has 3 aromatic heterocycles. The van der Waals surface area contributed by atoms with Crippen LogP contribution in [0.2, 0.25) is 0 Å². The van der Waals surface area contributed by atoms with Crippen molar-refractivity contribution in [3.05, 3.63) is 91.3 Å². The van der Waals surface area contributed by atoms with E-state index >= 15 is 0 Å². The minimum atomic E-state index is -0.264. The van der Waals surface area contributed by atoms with Crippen molar-refractivity contribution in [2.45, 2.75) is 12.8 Å². The lowest BCUT2D eigenvalue weighted by Gasteiger charge is -2.01. The summed E-state index contributed by atoms with van der Waals surface area (Å²) in [6.07, 6.45) is 1.68. The smallest absolute Gasteiger partial charge is 0.267 e. The first-order chi connectivity index (χ1) is 17.1. The van der Waals surface area contributed by atoms with Gasteiger partial charge in [-0.25, -0.2) is 9.97 Å². The first-order valence-corrected chi connectivity index (χ1v) is 13.5. The van der Waals surface area contributed by atoms with Crippen LogP contribution in [0.1, 0.15) is 40.2 Å². The quantitative estimate of drug-likeness (QED) is 0.290. The topological polar surface area (TPSA) is 84.0 Å². The van der Waals surface area contributed by atoms with Crippen molar-refractivity contribution < 1.29 is 9.59 Å². The van der Waals surface area contributed by atoms with Crippen molar-refractivity contribution in [1.29, 1.82) is 0 Å². The summed E-state index contributed by atoms with van der Waals surface area (Å²) in [4.78, 5) is 38.1. The van der Waals surface area contributed by atoms with Crippen LogP contribution in [0.15, 0.2) is 60.7 Å². The van der Waals surface area contributed by atoms with E-state index in [0.29, 0.717) is 20.0 Å². The lowest BCUT2D eigenvalue weighted by atomic mass is 10.1. The zero-order valence-corrected chi connectivity index (χ0v) is 20.6. The highest BCUT2D eigenvalue weighted by molar-refractivity contribution is 7.18. The maximum absolute atomic E-state index is 12.8. The number of carbonyl (C=O) groups is 2. The van der Waals surface area contributed by atoms with Crippen LogP contribution < -0.4 is 10.6 Å². The van der Waals surface area contributed by atoms with Gasteiger partial charge in [0.25, 0.3) is 11.8 Å². The van der Waals surface area contributed by atoms with E-state index in [0.717, 1.165) is 56.4 Å². The molecule has 0 saturated heterocycles. The molecule has 35 heavy (non-hydrogen) atoms. The summed E-state index contributed by atoms with van der Waals surface area (Å²) in [6.45, 7) is 0. The summed E-state index contributed by atoms with van der Waals surface area (Å²) in [5.41, 5.74) is 6.69. The second-order valence-electron chi connectivity index (χ2n) is 8.32. The molecular weight excluding hydrogens is 497 g/mol. The molecule has 5 aromatic rings. The van der Waals surface area contributed by atoms with Gasteiger partial charge in [-0.1, -0.05) is 48.5 Å². The fraction of sp³-hybridized carbons (Fsp3) is 0.0769. The number of aromatic nitrogens is 2.